The molecule has 0 aromatic heterocycles. The van der Waals surface area contributed by atoms with Crippen molar-refractivity contribution in [2.45, 2.75) is 12.5 Å². The van der Waals surface area contributed by atoms with E-state index in [1.165, 1.54) is 24.1 Å². The smallest absolute Gasteiger partial charge is 0.309 e. The predicted octanol–water partition coefficient (Wildman–Crippen LogP) is 2.08. The van der Waals surface area contributed by atoms with Crippen LogP contribution in [0.15, 0.2) is 18.2 Å². The number of benzene rings is 1. The summed E-state index contributed by atoms with van der Waals surface area (Å²) in [7, 11) is 1.52. The van der Waals surface area contributed by atoms with Crippen LogP contribution in [0.2, 0.25) is 5.02 Å². The van der Waals surface area contributed by atoms with Gasteiger partial charge in [0.25, 0.3) is 0 Å². The molecular formula is C12H11ClFNO3. The second-order valence-corrected chi connectivity index (χ2v) is 4.68. The molecule has 4 nitrogen and oxygen atoms in total. The van der Waals surface area contributed by atoms with Crippen LogP contribution < -0.4 is 0 Å². The van der Waals surface area contributed by atoms with Gasteiger partial charge < -0.3 is 10.0 Å². The molecule has 96 valence electrons. The molecule has 1 amide bonds. The van der Waals surface area contributed by atoms with Crippen molar-refractivity contribution < 1.29 is 19.1 Å². The highest BCUT2D eigenvalue weighted by atomic mass is 35.5. The number of carbonyl (C=O) groups excluding carboxylic acids is 1. The van der Waals surface area contributed by atoms with Gasteiger partial charge >= 0.3 is 5.97 Å². The van der Waals surface area contributed by atoms with E-state index in [9.17, 15) is 14.0 Å². The molecular weight excluding hydrogens is 261 g/mol. The van der Waals surface area contributed by atoms with Crippen LogP contribution in [0.3, 0.4) is 0 Å². The van der Waals surface area contributed by atoms with Gasteiger partial charge in [-0.3, -0.25) is 9.59 Å². The van der Waals surface area contributed by atoms with E-state index in [1.54, 1.807) is 6.07 Å². The molecule has 1 aliphatic heterocycles. The number of likely N-dealkylation sites (tertiary alicyclic amines) is 1. The van der Waals surface area contributed by atoms with Crippen LogP contribution in [-0.4, -0.2) is 28.9 Å². The normalized spacial score (nSPS) is 23.5. The van der Waals surface area contributed by atoms with E-state index in [4.69, 9.17) is 16.7 Å². The molecule has 0 bridgehead atoms. The summed E-state index contributed by atoms with van der Waals surface area (Å²) >= 11 is 5.58. The van der Waals surface area contributed by atoms with Crippen LogP contribution in [0.1, 0.15) is 18.0 Å². The number of aliphatic carboxylic acids is 1. The van der Waals surface area contributed by atoms with Gasteiger partial charge in [0, 0.05) is 13.5 Å². The Morgan fingerprint density at radius 2 is 2.22 bits per heavy atom. The summed E-state index contributed by atoms with van der Waals surface area (Å²) in [6.45, 7) is 0. The van der Waals surface area contributed by atoms with Crippen LogP contribution in [-0.2, 0) is 9.59 Å². The maximum Gasteiger partial charge on any atom is 0.309 e. The minimum Gasteiger partial charge on any atom is -0.481 e. The predicted molar refractivity (Wildman–Crippen MR) is 62.7 cm³/mol. The topological polar surface area (TPSA) is 57.6 Å². The molecule has 1 aliphatic rings. The summed E-state index contributed by atoms with van der Waals surface area (Å²) in [4.78, 5) is 24.0. The van der Waals surface area contributed by atoms with E-state index in [2.05, 4.69) is 0 Å². The van der Waals surface area contributed by atoms with Gasteiger partial charge in [-0.15, -0.1) is 0 Å². The zero-order valence-electron chi connectivity index (χ0n) is 9.56. The molecule has 0 unspecified atom stereocenters. The van der Waals surface area contributed by atoms with E-state index in [-0.39, 0.29) is 17.4 Å². The quantitative estimate of drug-likeness (QED) is 0.896. The number of amides is 1. The monoisotopic (exact) mass is 271 g/mol. The van der Waals surface area contributed by atoms with E-state index < -0.39 is 23.7 Å². The number of hydrogen-bond acceptors (Lipinski definition) is 2. The SMILES string of the molecule is CN1C(=O)C[C@@H](C(=O)O)[C@H]1c1ccc(Cl)c(F)c1. The lowest BCUT2D eigenvalue weighted by atomic mass is 9.94. The zero-order chi connectivity index (χ0) is 13.4. The fourth-order valence-corrected chi connectivity index (χ4v) is 2.36. The van der Waals surface area contributed by atoms with E-state index in [1.807, 2.05) is 0 Å². The molecule has 2 rings (SSSR count). The van der Waals surface area contributed by atoms with Gasteiger partial charge in [-0.2, -0.15) is 0 Å². The van der Waals surface area contributed by atoms with Crippen molar-refractivity contribution in [1.82, 2.24) is 4.90 Å². The number of nitrogens with zero attached hydrogens (tertiary/aromatic N) is 1. The van der Waals surface area contributed by atoms with E-state index >= 15 is 0 Å². The highest BCUT2D eigenvalue weighted by Crippen LogP contribution is 2.37. The molecule has 0 radical (unpaired) electrons. The van der Waals surface area contributed by atoms with E-state index in [0.29, 0.717) is 5.56 Å². The maximum atomic E-state index is 13.4. The molecule has 18 heavy (non-hydrogen) atoms. The highest BCUT2D eigenvalue weighted by molar-refractivity contribution is 6.30. The van der Waals surface area contributed by atoms with Crippen molar-refractivity contribution in [3.63, 3.8) is 0 Å². The van der Waals surface area contributed by atoms with Crippen molar-refractivity contribution in [3.8, 4) is 0 Å². The number of hydrogen-bond donors (Lipinski definition) is 1. The molecule has 0 spiro atoms. The Labute approximate surface area is 108 Å². The van der Waals surface area contributed by atoms with Crippen LogP contribution in [0.5, 0.6) is 0 Å². The largest absolute Gasteiger partial charge is 0.481 e. The Morgan fingerprint density at radius 1 is 1.56 bits per heavy atom. The van der Waals surface area contributed by atoms with Crippen LogP contribution in [0, 0.1) is 11.7 Å². The number of carboxylic acid groups (broad SMARTS) is 1. The first kappa shape index (κ1) is 12.8. The molecule has 1 aromatic rings. The first-order valence-corrected chi connectivity index (χ1v) is 5.73. The summed E-state index contributed by atoms with van der Waals surface area (Å²) in [6.07, 6.45) is -0.0687. The summed E-state index contributed by atoms with van der Waals surface area (Å²) in [5, 5.41) is 9.08. The first-order chi connectivity index (χ1) is 8.41. The zero-order valence-corrected chi connectivity index (χ0v) is 10.3. The molecule has 0 aliphatic carbocycles. The molecule has 1 saturated heterocycles. The average Bonchev–Trinajstić information content (AvgIpc) is 2.60. The molecule has 1 aromatic carbocycles. The van der Waals surface area contributed by atoms with Gasteiger partial charge in [0.2, 0.25) is 5.91 Å². The summed E-state index contributed by atoms with van der Waals surface area (Å²) in [5.74, 6) is -2.80. The standard InChI is InChI=1S/C12H11ClFNO3/c1-15-10(16)5-7(12(17)18)11(15)6-2-3-8(13)9(14)4-6/h2-4,7,11H,5H2,1H3,(H,17,18)/t7-,11-/m1/s1. The second-order valence-electron chi connectivity index (χ2n) is 4.27. The number of halogens is 2. The lowest BCUT2D eigenvalue weighted by Gasteiger charge is -2.23. The Hall–Kier alpha value is -1.62. The van der Waals surface area contributed by atoms with Crippen LogP contribution in [0.4, 0.5) is 4.39 Å². The Balaban J connectivity index is 2.42. The fourth-order valence-electron chi connectivity index (χ4n) is 2.24. The number of carbonyl (C=O) groups is 2. The second kappa shape index (κ2) is 4.57. The fraction of sp³-hybridized carbons (Fsp3) is 0.333. The van der Waals surface area contributed by atoms with Gasteiger partial charge in [-0.25, -0.2) is 4.39 Å². The molecule has 2 atom stereocenters. The van der Waals surface area contributed by atoms with Crippen molar-refractivity contribution in [1.29, 1.82) is 0 Å². The molecule has 1 heterocycles. The Bertz CT molecular complexity index is 520. The molecule has 0 saturated carbocycles. The maximum absolute atomic E-state index is 13.4. The lowest BCUT2D eigenvalue weighted by Crippen LogP contribution is -2.26. The minimum atomic E-state index is -1.06. The van der Waals surface area contributed by atoms with Gasteiger partial charge in [-0.05, 0) is 17.7 Å². The first-order valence-electron chi connectivity index (χ1n) is 5.35. The van der Waals surface area contributed by atoms with Crippen molar-refractivity contribution in [2.24, 2.45) is 5.92 Å². The number of carboxylic acids is 1. The van der Waals surface area contributed by atoms with Crippen molar-refractivity contribution in [3.05, 3.63) is 34.6 Å². The van der Waals surface area contributed by atoms with E-state index in [0.717, 1.165) is 0 Å². The third-order valence-corrected chi connectivity index (χ3v) is 3.50. The number of rotatable bonds is 2. The third kappa shape index (κ3) is 2.06. The Morgan fingerprint density at radius 3 is 2.78 bits per heavy atom. The van der Waals surface area contributed by atoms with Crippen molar-refractivity contribution >= 4 is 23.5 Å². The van der Waals surface area contributed by atoms with Crippen LogP contribution >= 0.6 is 11.6 Å². The summed E-state index contributed by atoms with van der Waals surface area (Å²) in [6, 6.07) is 3.43. The minimum absolute atomic E-state index is 0.0300. The lowest BCUT2D eigenvalue weighted by molar-refractivity contribution is -0.142. The summed E-state index contributed by atoms with van der Waals surface area (Å²) in [5.41, 5.74) is 0.442. The van der Waals surface area contributed by atoms with Gasteiger partial charge in [0.05, 0.1) is 17.0 Å². The molecule has 1 fully saturated rings. The molecule has 1 N–H and O–H groups in total. The van der Waals surface area contributed by atoms with Crippen molar-refractivity contribution in [2.75, 3.05) is 7.05 Å². The van der Waals surface area contributed by atoms with Gasteiger partial charge in [0.15, 0.2) is 0 Å². The highest BCUT2D eigenvalue weighted by Gasteiger charge is 2.42. The average molecular weight is 272 g/mol. The molecule has 6 heteroatoms. The summed E-state index contributed by atoms with van der Waals surface area (Å²) < 4.78 is 13.4. The van der Waals surface area contributed by atoms with Gasteiger partial charge in [-0.1, -0.05) is 17.7 Å². The Kier molecular flexibility index (Phi) is 3.26. The van der Waals surface area contributed by atoms with Gasteiger partial charge in [0.1, 0.15) is 5.82 Å². The third-order valence-electron chi connectivity index (χ3n) is 3.19. The van der Waals surface area contributed by atoms with Crippen LogP contribution in [0.25, 0.3) is 0 Å².